The maximum atomic E-state index is 6.23. The Hall–Kier alpha value is -0.730. The average molecular weight is 329 g/mol. The summed E-state index contributed by atoms with van der Waals surface area (Å²) in [5, 5.41) is 4.88. The molecule has 0 aliphatic rings. The Kier molecular flexibility index (Phi) is 5.74. The van der Waals surface area contributed by atoms with Gasteiger partial charge in [0.15, 0.2) is 0 Å². The van der Waals surface area contributed by atoms with Gasteiger partial charge in [-0.05, 0) is 37.1 Å². The van der Waals surface area contributed by atoms with E-state index in [-0.39, 0.29) is 6.04 Å². The van der Waals surface area contributed by atoms with Gasteiger partial charge in [0, 0.05) is 6.04 Å². The van der Waals surface area contributed by atoms with Gasteiger partial charge in [0.25, 0.3) is 0 Å². The Labute approximate surface area is 134 Å². The van der Waals surface area contributed by atoms with E-state index in [1.54, 1.807) is 6.07 Å². The van der Waals surface area contributed by atoms with E-state index in [9.17, 15) is 0 Å². The van der Waals surface area contributed by atoms with Gasteiger partial charge in [0.05, 0.1) is 15.1 Å². The minimum Gasteiger partial charge on any atom is -0.310 e. The number of nitrogens with one attached hydrogen (secondary N) is 1. The van der Waals surface area contributed by atoms with Crippen LogP contribution in [0.15, 0.2) is 42.5 Å². The van der Waals surface area contributed by atoms with Gasteiger partial charge in [-0.15, -0.1) is 0 Å². The van der Waals surface area contributed by atoms with Gasteiger partial charge < -0.3 is 5.32 Å². The van der Waals surface area contributed by atoms with E-state index in [0.717, 1.165) is 18.5 Å². The molecule has 0 saturated heterocycles. The molecule has 0 radical (unpaired) electrons. The molecule has 1 nitrogen and oxygen atoms in total. The molecule has 106 valence electrons. The zero-order valence-electron chi connectivity index (χ0n) is 11.2. The molecule has 4 heteroatoms. The van der Waals surface area contributed by atoms with Gasteiger partial charge in [-0.1, -0.05) is 71.2 Å². The first kappa shape index (κ1) is 15.7. The number of hydrogen-bond donors (Lipinski definition) is 1. The van der Waals surface area contributed by atoms with Gasteiger partial charge in [-0.2, -0.15) is 0 Å². The van der Waals surface area contributed by atoms with E-state index in [4.69, 9.17) is 34.8 Å². The van der Waals surface area contributed by atoms with Crippen LogP contribution in [0.2, 0.25) is 15.1 Å². The minimum atomic E-state index is 0.126. The van der Waals surface area contributed by atoms with Crippen molar-refractivity contribution in [1.82, 2.24) is 5.32 Å². The lowest BCUT2D eigenvalue weighted by atomic mass is 10.1. The number of hydrogen-bond acceptors (Lipinski definition) is 1. The number of rotatable bonds is 5. The minimum absolute atomic E-state index is 0.126. The summed E-state index contributed by atoms with van der Waals surface area (Å²) in [6.07, 6.45) is 0.976. The van der Waals surface area contributed by atoms with Crippen molar-refractivity contribution in [2.75, 3.05) is 6.54 Å². The van der Waals surface area contributed by atoms with E-state index in [1.165, 1.54) is 5.56 Å². The third-order valence-electron chi connectivity index (χ3n) is 3.24. The maximum Gasteiger partial charge on any atom is 0.0781 e. The zero-order valence-corrected chi connectivity index (χ0v) is 13.4. The Bertz CT molecular complexity index is 569. The van der Waals surface area contributed by atoms with Crippen LogP contribution in [-0.2, 0) is 6.42 Å². The fourth-order valence-corrected chi connectivity index (χ4v) is 2.77. The topological polar surface area (TPSA) is 12.0 Å². The molecule has 0 bridgehead atoms. The van der Waals surface area contributed by atoms with Crippen molar-refractivity contribution < 1.29 is 0 Å². The van der Waals surface area contributed by atoms with Crippen LogP contribution >= 0.6 is 34.8 Å². The second kappa shape index (κ2) is 7.33. The molecule has 20 heavy (non-hydrogen) atoms. The molecule has 0 aliphatic carbocycles. The quantitative estimate of drug-likeness (QED) is 0.710. The average Bonchev–Trinajstić information content (AvgIpc) is 2.46. The largest absolute Gasteiger partial charge is 0.310 e. The lowest BCUT2D eigenvalue weighted by molar-refractivity contribution is 0.577. The lowest BCUT2D eigenvalue weighted by Gasteiger charge is -2.17. The molecule has 0 aromatic heterocycles. The van der Waals surface area contributed by atoms with Crippen molar-refractivity contribution in [2.24, 2.45) is 0 Å². The molecule has 0 heterocycles. The summed E-state index contributed by atoms with van der Waals surface area (Å²) in [4.78, 5) is 0. The molecular weight excluding hydrogens is 313 g/mol. The first-order chi connectivity index (χ1) is 9.59. The van der Waals surface area contributed by atoms with Gasteiger partial charge in [0.1, 0.15) is 0 Å². The van der Waals surface area contributed by atoms with Gasteiger partial charge in [0.2, 0.25) is 0 Å². The molecule has 2 aromatic carbocycles. The Morgan fingerprint density at radius 3 is 2.35 bits per heavy atom. The van der Waals surface area contributed by atoms with Crippen molar-refractivity contribution >= 4 is 34.8 Å². The highest BCUT2D eigenvalue weighted by atomic mass is 35.5. The van der Waals surface area contributed by atoms with Crippen LogP contribution in [0.1, 0.15) is 24.1 Å². The van der Waals surface area contributed by atoms with Crippen molar-refractivity contribution in [3.8, 4) is 0 Å². The maximum absolute atomic E-state index is 6.23. The van der Waals surface area contributed by atoms with Gasteiger partial charge in [-0.3, -0.25) is 0 Å². The second-order valence-electron chi connectivity index (χ2n) is 4.68. The summed E-state index contributed by atoms with van der Waals surface area (Å²) in [6, 6.07) is 14.2. The summed E-state index contributed by atoms with van der Waals surface area (Å²) >= 11 is 18.2. The molecule has 0 fully saturated rings. The van der Waals surface area contributed by atoms with Crippen molar-refractivity contribution in [3.05, 3.63) is 68.7 Å². The van der Waals surface area contributed by atoms with E-state index >= 15 is 0 Å². The zero-order chi connectivity index (χ0) is 14.5. The Morgan fingerprint density at radius 1 is 0.950 bits per heavy atom. The Balaban J connectivity index is 1.95. The van der Waals surface area contributed by atoms with Crippen LogP contribution in [0, 0.1) is 0 Å². The normalized spacial score (nSPS) is 12.4. The Morgan fingerprint density at radius 2 is 1.65 bits per heavy atom. The van der Waals surface area contributed by atoms with Crippen LogP contribution in [0.25, 0.3) is 0 Å². The third-order valence-corrected chi connectivity index (χ3v) is 4.55. The summed E-state index contributed by atoms with van der Waals surface area (Å²) in [5.41, 5.74) is 2.28. The molecular formula is C16H16Cl3N. The summed E-state index contributed by atoms with van der Waals surface area (Å²) < 4.78 is 0. The molecule has 0 amide bonds. The molecule has 0 aliphatic heterocycles. The highest BCUT2D eigenvalue weighted by Crippen LogP contribution is 2.35. The molecule has 0 saturated carbocycles. The molecule has 2 aromatic rings. The molecule has 0 spiro atoms. The second-order valence-corrected chi connectivity index (χ2v) is 5.84. The predicted octanol–water partition coefficient (Wildman–Crippen LogP) is 5.54. The van der Waals surface area contributed by atoms with Crippen molar-refractivity contribution in [2.45, 2.75) is 19.4 Å². The summed E-state index contributed by atoms with van der Waals surface area (Å²) in [6.45, 7) is 2.94. The number of benzene rings is 2. The fraction of sp³-hybridized carbons (Fsp3) is 0.250. The van der Waals surface area contributed by atoms with Crippen molar-refractivity contribution in [1.29, 1.82) is 0 Å². The third kappa shape index (κ3) is 3.89. The fourth-order valence-electron chi connectivity index (χ4n) is 2.06. The smallest absolute Gasteiger partial charge is 0.0781 e. The first-order valence-corrected chi connectivity index (χ1v) is 7.63. The van der Waals surface area contributed by atoms with E-state index in [0.29, 0.717) is 15.1 Å². The van der Waals surface area contributed by atoms with Crippen molar-refractivity contribution in [3.63, 3.8) is 0 Å². The highest BCUT2D eigenvalue weighted by Gasteiger charge is 2.13. The van der Waals surface area contributed by atoms with Crippen LogP contribution in [0.3, 0.4) is 0 Å². The molecule has 2 rings (SSSR count). The van der Waals surface area contributed by atoms with Crippen LogP contribution < -0.4 is 5.32 Å². The van der Waals surface area contributed by atoms with Gasteiger partial charge >= 0.3 is 0 Å². The van der Waals surface area contributed by atoms with Crippen LogP contribution in [0.4, 0.5) is 0 Å². The SMILES string of the molecule is CC(NCCc1ccccc1)c1ccc(Cl)c(Cl)c1Cl. The summed E-state index contributed by atoms with van der Waals surface area (Å²) in [7, 11) is 0. The highest BCUT2D eigenvalue weighted by molar-refractivity contribution is 6.48. The van der Waals surface area contributed by atoms with Crippen LogP contribution in [0.5, 0.6) is 0 Å². The first-order valence-electron chi connectivity index (χ1n) is 6.50. The monoisotopic (exact) mass is 327 g/mol. The van der Waals surface area contributed by atoms with E-state index in [2.05, 4.69) is 36.5 Å². The molecule has 1 N–H and O–H groups in total. The van der Waals surface area contributed by atoms with Crippen LogP contribution in [-0.4, -0.2) is 6.54 Å². The van der Waals surface area contributed by atoms with Gasteiger partial charge in [-0.25, -0.2) is 0 Å². The standard InChI is InChI=1S/C16H16Cl3N/c1-11(13-7-8-14(17)16(19)15(13)18)20-10-9-12-5-3-2-4-6-12/h2-8,11,20H,9-10H2,1H3. The lowest BCUT2D eigenvalue weighted by Crippen LogP contribution is -2.21. The summed E-state index contributed by atoms with van der Waals surface area (Å²) in [5.74, 6) is 0. The molecule has 1 atom stereocenters. The van der Waals surface area contributed by atoms with E-state index < -0.39 is 0 Å². The number of halogens is 3. The predicted molar refractivity (Wildman–Crippen MR) is 88.0 cm³/mol. The van der Waals surface area contributed by atoms with E-state index in [1.807, 2.05) is 12.1 Å². The molecule has 1 unspecified atom stereocenters.